The number of benzene rings is 1. The molecule has 0 aromatic heterocycles. The lowest BCUT2D eigenvalue weighted by Gasteiger charge is -2.21. The van der Waals surface area contributed by atoms with Crippen LogP contribution in [-0.2, 0) is 4.79 Å². The van der Waals surface area contributed by atoms with Gasteiger partial charge in [0.25, 0.3) is 0 Å². The lowest BCUT2D eigenvalue weighted by molar-refractivity contribution is -0.138. The van der Waals surface area contributed by atoms with Crippen molar-refractivity contribution in [3.8, 4) is 0 Å². The standard InChI is InChI=1S/C14H16N2O3/c1-14(6-7-14)15-13(19)16-8-10(12(17)18)9-4-2-3-5-11(9)16/h2-5,10H,6-8H2,1H3,(H,15,19)(H,17,18). The Hall–Kier alpha value is -2.04. The van der Waals surface area contributed by atoms with Crippen molar-refractivity contribution in [3.05, 3.63) is 29.8 Å². The van der Waals surface area contributed by atoms with E-state index in [9.17, 15) is 14.7 Å². The maximum Gasteiger partial charge on any atom is 0.322 e. The Morgan fingerprint density at radius 1 is 1.37 bits per heavy atom. The molecule has 5 nitrogen and oxygen atoms in total. The molecule has 1 unspecified atom stereocenters. The van der Waals surface area contributed by atoms with Gasteiger partial charge in [0.15, 0.2) is 0 Å². The van der Waals surface area contributed by atoms with Crippen molar-refractivity contribution < 1.29 is 14.7 Å². The molecule has 1 aliphatic carbocycles. The van der Waals surface area contributed by atoms with Gasteiger partial charge in [-0.05, 0) is 31.4 Å². The van der Waals surface area contributed by atoms with Gasteiger partial charge in [-0.25, -0.2) is 4.79 Å². The van der Waals surface area contributed by atoms with Crippen LogP contribution in [-0.4, -0.2) is 29.2 Å². The van der Waals surface area contributed by atoms with Crippen LogP contribution in [0.5, 0.6) is 0 Å². The molecule has 2 aliphatic rings. The van der Waals surface area contributed by atoms with Gasteiger partial charge in [-0.2, -0.15) is 0 Å². The number of fused-ring (bicyclic) bond motifs is 1. The predicted octanol–water partition coefficient (Wildman–Crippen LogP) is 1.94. The van der Waals surface area contributed by atoms with Gasteiger partial charge in [0, 0.05) is 17.8 Å². The van der Waals surface area contributed by atoms with E-state index in [1.807, 2.05) is 13.0 Å². The molecule has 1 fully saturated rings. The molecular formula is C14H16N2O3. The zero-order valence-electron chi connectivity index (χ0n) is 10.7. The summed E-state index contributed by atoms with van der Waals surface area (Å²) in [6.07, 6.45) is 1.97. The largest absolute Gasteiger partial charge is 0.481 e. The van der Waals surface area contributed by atoms with Crippen LogP contribution in [0, 0.1) is 0 Å². The molecule has 0 bridgehead atoms. The summed E-state index contributed by atoms with van der Waals surface area (Å²) in [7, 11) is 0. The van der Waals surface area contributed by atoms with E-state index in [2.05, 4.69) is 5.32 Å². The van der Waals surface area contributed by atoms with Crippen molar-refractivity contribution >= 4 is 17.7 Å². The number of aliphatic carboxylic acids is 1. The van der Waals surface area contributed by atoms with Gasteiger partial charge in [-0.1, -0.05) is 18.2 Å². The fourth-order valence-corrected chi connectivity index (χ4v) is 2.45. The highest BCUT2D eigenvalue weighted by atomic mass is 16.4. The van der Waals surface area contributed by atoms with E-state index in [0.717, 1.165) is 12.8 Å². The molecule has 2 N–H and O–H groups in total. The van der Waals surface area contributed by atoms with E-state index in [4.69, 9.17) is 0 Å². The average Bonchev–Trinajstić information content (AvgIpc) is 2.95. The Balaban J connectivity index is 1.87. The predicted molar refractivity (Wildman–Crippen MR) is 70.3 cm³/mol. The van der Waals surface area contributed by atoms with Crippen molar-refractivity contribution in [1.29, 1.82) is 0 Å². The van der Waals surface area contributed by atoms with Gasteiger partial charge < -0.3 is 10.4 Å². The van der Waals surface area contributed by atoms with Gasteiger partial charge >= 0.3 is 12.0 Å². The van der Waals surface area contributed by atoms with Crippen LogP contribution in [0.25, 0.3) is 0 Å². The average molecular weight is 260 g/mol. The smallest absolute Gasteiger partial charge is 0.322 e. The topological polar surface area (TPSA) is 69.6 Å². The van der Waals surface area contributed by atoms with E-state index in [1.54, 1.807) is 18.2 Å². The molecular weight excluding hydrogens is 244 g/mol. The third-order valence-corrected chi connectivity index (χ3v) is 3.92. The summed E-state index contributed by atoms with van der Waals surface area (Å²) in [5.74, 6) is -1.52. The van der Waals surface area contributed by atoms with E-state index in [-0.39, 0.29) is 18.1 Å². The van der Waals surface area contributed by atoms with E-state index in [1.165, 1.54) is 4.90 Å². The second kappa shape index (κ2) is 3.98. The summed E-state index contributed by atoms with van der Waals surface area (Å²) >= 11 is 0. The molecule has 1 heterocycles. The Morgan fingerprint density at radius 3 is 2.68 bits per heavy atom. The zero-order chi connectivity index (χ0) is 13.6. The maximum absolute atomic E-state index is 12.3. The van der Waals surface area contributed by atoms with Crippen LogP contribution in [0.3, 0.4) is 0 Å². The van der Waals surface area contributed by atoms with Gasteiger partial charge in [-0.3, -0.25) is 9.69 Å². The number of nitrogens with zero attached hydrogens (tertiary/aromatic N) is 1. The number of carboxylic acid groups (broad SMARTS) is 1. The SMILES string of the molecule is CC1(NC(=O)N2CC(C(=O)O)c3ccccc32)CC1. The summed E-state index contributed by atoms with van der Waals surface area (Å²) in [5, 5.41) is 12.2. The van der Waals surface area contributed by atoms with Gasteiger partial charge in [-0.15, -0.1) is 0 Å². The Bertz CT molecular complexity index is 551. The molecule has 1 aromatic carbocycles. The van der Waals surface area contributed by atoms with Crippen LogP contribution >= 0.6 is 0 Å². The number of urea groups is 1. The second-order valence-corrected chi connectivity index (χ2v) is 5.55. The number of hydrogen-bond donors (Lipinski definition) is 2. The number of anilines is 1. The molecule has 0 saturated heterocycles. The fourth-order valence-electron chi connectivity index (χ4n) is 2.45. The summed E-state index contributed by atoms with van der Waals surface area (Å²) in [5.41, 5.74) is 1.32. The van der Waals surface area contributed by atoms with Crippen molar-refractivity contribution in [2.75, 3.05) is 11.4 Å². The number of nitrogens with one attached hydrogen (secondary N) is 1. The highest BCUT2D eigenvalue weighted by Gasteiger charge is 2.42. The molecule has 1 aromatic rings. The monoisotopic (exact) mass is 260 g/mol. The second-order valence-electron chi connectivity index (χ2n) is 5.55. The number of para-hydroxylation sites is 1. The van der Waals surface area contributed by atoms with Crippen molar-refractivity contribution in [1.82, 2.24) is 5.32 Å². The van der Waals surface area contributed by atoms with Crippen molar-refractivity contribution in [2.45, 2.75) is 31.2 Å². The minimum atomic E-state index is -0.889. The van der Waals surface area contributed by atoms with Gasteiger partial charge in [0.2, 0.25) is 0 Å². The van der Waals surface area contributed by atoms with Crippen LogP contribution in [0.1, 0.15) is 31.2 Å². The fraction of sp³-hybridized carbons (Fsp3) is 0.429. The number of carbonyl (C=O) groups is 2. The summed E-state index contributed by atoms with van der Waals surface area (Å²) in [4.78, 5) is 25.1. The third kappa shape index (κ3) is 2.05. The number of hydrogen-bond acceptors (Lipinski definition) is 2. The summed E-state index contributed by atoms with van der Waals surface area (Å²) < 4.78 is 0. The molecule has 0 radical (unpaired) electrons. The lowest BCUT2D eigenvalue weighted by atomic mass is 10.0. The van der Waals surface area contributed by atoms with Crippen LogP contribution in [0.15, 0.2) is 24.3 Å². The maximum atomic E-state index is 12.3. The Kier molecular flexibility index (Phi) is 2.52. The van der Waals surface area contributed by atoms with Crippen LogP contribution in [0.2, 0.25) is 0 Å². The number of amides is 2. The highest BCUT2D eigenvalue weighted by molar-refractivity contribution is 5.98. The van der Waals surface area contributed by atoms with E-state index >= 15 is 0 Å². The summed E-state index contributed by atoms with van der Waals surface area (Å²) in [6.45, 7) is 2.21. The summed E-state index contributed by atoms with van der Waals surface area (Å²) in [6, 6.07) is 7.00. The number of rotatable bonds is 2. The molecule has 3 rings (SSSR count). The first-order valence-electron chi connectivity index (χ1n) is 6.42. The van der Waals surface area contributed by atoms with Gasteiger partial charge in [0.05, 0.1) is 0 Å². The minimum Gasteiger partial charge on any atom is -0.481 e. The molecule has 5 heteroatoms. The molecule has 19 heavy (non-hydrogen) atoms. The van der Waals surface area contributed by atoms with Crippen LogP contribution < -0.4 is 10.2 Å². The molecule has 1 saturated carbocycles. The first-order chi connectivity index (χ1) is 9.00. The van der Waals surface area contributed by atoms with Crippen molar-refractivity contribution in [3.63, 3.8) is 0 Å². The zero-order valence-corrected chi connectivity index (χ0v) is 10.7. The first kappa shape index (κ1) is 12.0. The highest BCUT2D eigenvalue weighted by Crippen LogP contribution is 2.38. The number of carboxylic acids is 1. The third-order valence-electron chi connectivity index (χ3n) is 3.92. The molecule has 1 aliphatic heterocycles. The number of carbonyl (C=O) groups excluding carboxylic acids is 1. The Morgan fingerprint density at radius 2 is 2.05 bits per heavy atom. The van der Waals surface area contributed by atoms with Crippen LogP contribution in [0.4, 0.5) is 10.5 Å². The molecule has 2 amide bonds. The quantitative estimate of drug-likeness (QED) is 0.853. The van der Waals surface area contributed by atoms with Crippen molar-refractivity contribution in [2.24, 2.45) is 0 Å². The Labute approximate surface area is 111 Å². The minimum absolute atomic E-state index is 0.104. The normalized spacial score (nSPS) is 22.8. The first-order valence-corrected chi connectivity index (χ1v) is 6.42. The van der Waals surface area contributed by atoms with E-state index in [0.29, 0.717) is 11.3 Å². The van der Waals surface area contributed by atoms with Gasteiger partial charge in [0.1, 0.15) is 5.92 Å². The molecule has 1 atom stereocenters. The lowest BCUT2D eigenvalue weighted by Crippen LogP contribution is -2.45. The molecule has 0 spiro atoms. The molecule has 100 valence electrons. The van der Waals surface area contributed by atoms with E-state index < -0.39 is 11.9 Å².